The maximum absolute atomic E-state index is 5.63. The first-order chi connectivity index (χ1) is 14.2. The van der Waals surface area contributed by atoms with Crippen molar-refractivity contribution in [3.05, 3.63) is 47.8 Å². The molecule has 4 heterocycles. The zero-order valence-corrected chi connectivity index (χ0v) is 16.8. The normalized spacial score (nSPS) is 15.2. The Labute approximate surface area is 169 Å². The Morgan fingerprint density at radius 1 is 1.07 bits per heavy atom. The number of hydrogen-bond donors (Lipinski definition) is 0. The monoisotopic (exact) mass is 388 g/mol. The molecule has 0 N–H and O–H groups in total. The Hall–Kier alpha value is -3.06. The molecular weight excluding hydrogens is 364 g/mol. The highest BCUT2D eigenvalue weighted by atomic mass is 16.5. The maximum Gasteiger partial charge on any atom is 0.259 e. The number of aromatic nitrogens is 5. The molecular formula is C22H24N6O. The van der Waals surface area contributed by atoms with Crippen LogP contribution in [-0.4, -0.2) is 42.9 Å². The fourth-order valence-corrected chi connectivity index (χ4v) is 4.05. The van der Waals surface area contributed by atoms with E-state index in [4.69, 9.17) is 4.52 Å². The van der Waals surface area contributed by atoms with Gasteiger partial charge in [-0.15, -0.1) is 0 Å². The molecule has 0 atom stereocenters. The number of piperidine rings is 1. The van der Waals surface area contributed by atoms with Gasteiger partial charge >= 0.3 is 0 Å². The number of benzene rings is 1. The lowest BCUT2D eigenvalue weighted by atomic mass is 10.1. The van der Waals surface area contributed by atoms with E-state index in [2.05, 4.69) is 43.3 Å². The summed E-state index contributed by atoms with van der Waals surface area (Å²) < 4.78 is 7.39. The molecule has 0 saturated carbocycles. The second kappa shape index (κ2) is 7.40. The van der Waals surface area contributed by atoms with Gasteiger partial charge in [0.15, 0.2) is 5.65 Å². The van der Waals surface area contributed by atoms with Gasteiger partial charge in [-0.25, -0.2) is 4.98 Å². The summed E-state index contributed by atoms with van der Waals surface area (Å²) in [7, 11) is 1.88. The molecule has 148 valence electrons. The lowest BCUT2D eigenvalue weighted by Gasteiger charge is -2.26. The smallest absolute Gasteiger partial charge is 0.259 e. The molecule has 0 aliphatic carbocycles. The summed E-state index contributed by atoms with van der Waals surface area (Å²) in [5.74, 6) is 1.09. The van der Waals surface area contributed by atoms with Crippen LogP contribution in [0.1, 0.15) is 30.5 Å². The van der Waals surface area contributed by atoms with Crippen LogP contribution in [0.5, 0.6) is 0 Å². The van der Waals surface area contributed by atoms with E-state index in [0.29, 0.717) is 11.7 Å². The number of fused-ring (bicyclic) bond motifs is 1. The highest BCUT2D eigenvalue weighted by Crippen LogP contribution is 2.29. The lowest BCUT2D eigenvalue weighted by molar-refractivity contribution is 0.221. The van der Waals surface area contributed by atoms with E-state index in [1.54, 1.807) is 10.9 Å². The number of pyridine rings is 1. The quantitative estimate of drug-likeness (QED) is 0.526. The first-order valence-electron chi connectivity index (χ1n) is 10.1. The lowest BCUT2D eigenvalue weighted by Crippen LogP contribution is -2.29. The molecule has 5 rings (SSSR count). The van der Waals surface area contributed by atoms with Crippen molar-refractivity contribution in [1.29, 1.82) is 0 Å². The Kier molecular flexibility index (Phi) is 4.60. The van der Waals surface area contributed by atoms with E-state index < -0.39 is 0 Å². The number of rotatable bonds is 4. The number of hydrogen-bond acceptors (Lipinski definition) is 6. The molecule has 1 aromatic carbocycles. The molecule has 7 nitrogen and oxygen atoms in total. The molecule has 0 spiro atoms. The SMILES string of the molecule is Cc1cc(-c2nc(-c3cccc(CN4CCCCC4)c3)no2)c2cnn(C)c2n1. The van der Waals surface area contributed by atoms with Crippen molar-refractivity contribution in [3.8, 4) is 22.8 Å². The Balaban J connectivity index is 1.46. The van der Waals surface area contributed by atoms with Gasteiger partial charge in [0.1, 0.15) is 0 Å². The third-order valence-electron chi connectivity index (χ3n) is 5.53. The maximum atomic E-state index is 5.63. The predicted octanol–water partition coefficient (Wildman–Crippen LogP) is 3.98. The van der Waals surface area contributed by atoms with Crippen LogP contribution in [0.3, 0.4) is 0 Å². The minimum atomic E-state index is 0.491. The third kappa shape index (κ3) is 3.53. The highest BCUT2D eigenvalue weighted by Gasteiger charge is 2.17. The molecule has 7 heteroatoms. The van der Waals surface area contributed by atoms with Crippen molar-refractivity contribution < 1.29 is 4.52 Å². The molecule has 0 radical (unpaired) electrons. The van der Waals surface area contributed by atoms with Crippen molar-refractivity contribution in [3.63, 3.8) is 0 Å². The molecule has 1 aliphatic rings. The van der Waals surface area contributed by atoms with Crippen molar-refractivity contribution in [1.82, 2.24) is 29.8 Å². The van der Waals surface area contributed by atoms with Crippen LogP contribution in [0.2, 0.25) is 0 Å². The van der Waals surface area contributed by atoms with E-state index in [0.717, 1.165) is 34.4 Å². The fraction of sp³-hybridized carbons (Fsp3) is 0.364. The topological polar surface area (TPSA) is 72.9 Å². The fourth-order valence-electron chi connectivity index (χ4n) is 4.05. The average Bonchev–Trinajstić information content (AvgIpc) is 3.36. The first kappa shape index (κ1) is 18.0. The highest BCUT2D eigenvalue weighted by molar-refractivity contribution is 5.90. The molecule has 3 aromatic heterocycles. The largest absolute Gasteiger partial charge is 0.334 e. The number of likely N-dealkylation sites (tertiary alicyclic amines) is 1. The molecule has 0 unspecified atom stereocenters. The van der Waals surface area contributed by atoms with Gasteiger partial charge in [-0.2, -0.15) is 10.1 Å². The van der Waals surface area contributed by atoms with Crippen LogP contribution in [-0.2, 0) is 13.6 Å². The second-order valence-electron chi connectivity index (χ2n) is 7.78. The van der Waals surface area contributed by atoms with Gasteiger partial charge < -0.3 is 4.52 Å². The van der Waals surface area contributed by atoms with E-state index in [9.17, 15) is 0 Å². The van der Waals surface area contributed by atoms with Gasteiger partial charge in [0.25, 0.3) is 5.89 Å². The summed E-state index contributed by atoms with van der Waals surface area (Å²) in [6.45, 7) is 5.29. The zero-order valence-electron chi connectivity index (χ0n) is 16.8. The van der Waals surface area contributed by atoms with Gasteiger partial charge in [0.2, 0.25) is 5.82 Å². The Morgan fingerprint density at radius 3 is 2.79 bits per heavy atom. The number of aryl methyl sites for hydroxylation is 2. The van der Waals surface area contributed by atoms with Gasteiger partial charge in [-0.05, 0) is 50.6 Å². The van der Waals surface area contributed by atoms with Crippen molar-refractivity contribution in [2.75, 3.05) is 13.1 Å². The summed E-state index contributed by atoms with van der Waals surface area (Å²) in [5, 5.41) is 9.47. The summed E-state index contributed by atoms with van der Waals surface area (Å²) in [6, 6.07) is 10.4. The van der Waals surface area contributed by atoms with Crippen LogP contribution in [0.4, 0.5) is 0 Å². The second-order valence-corrected chi connectivity index (χ2v) is 7.78. The zero-order chi connectivity index (χ0) is 19.8. The summed E-state index contributed by atoms with van der Waals surface area (Å²) in [4.78, 5) is 11.8. The van der Waals surface area contributed by atoms with Crippen LogP contribution >= 0.6 is 0 Å². The van der Waals surface area contributed by atoms with Crippen LogP contribution in [0.15, 0.2) is 41.1 Å². The molecule has 4 aromatic rings. The van der Waals surface area contributed by atoms with Crippen molar-refractivity contribution >= 4 is 11.0 Å². The Bertz CT molecular complexity index is 1160. The molecule has 0 bridgehead atoms. The summed E-state index contributed by atoms with van der Waals surface area (Å²) in [5.41, 5.74) is 4.82. The minimum absolute atomic E-state index is 0.491. The first-order valence-corrected chi connectivity index (χ1v) is 10.1. The van der Waals surface area contributed by atoms with Crippen molar-refractivity contribution in [2.24, 2.45) is 7.05 Å². The van der Waals surface area contributed by atoms with E-state index in [1.807, 2.05) is 26.1 Å². The minimum Gasteiger partial charge on any atom is -0.334 e. The van der Waals surface area contributed by atoms with Gasteiger partial charge in [0.05, 0.1) is 17.1 Å². The van der Waals surface area contributed by atoms with Gasteiger partial charge in [0, 0.05) is 24.8 Å². The van der Waals surface area contributed by atoms with E-state index in [-0.39, 0.29) is 0 Å². The summed E-state index contributed by atoms with van der Waals surface area (Å²) in [6.07, 6.45) is 5.73. The van der Waals surface area contributed by atoms with E-state index in [1.165, 1.54) is 37.9 Å². The number of nitrogens with zero attached hydrogens (tertiary/aromatic N) is 6. The van der Waals surface area contributed by atoms with Gasteiger partial charge in [-0.1, -0.05) is 29.8 Å². The van der Waals surface area contributed by atoms with Crippen LogP contribution in [0.25, 0.3) is 33.9 Å². The summed E-state index contributed by atoms with van der Waals surface area (Å²) >= 11 is 0. The van der Waals surface area contributed by atoms with Crippen LogP contribution < -0.4 is 0 Å². The molecule has 29 heavy (non-hydrogen) atoms. The van der Waals surface area contributed by atoms with E-state index >= 15 is 0 Å². The average molecular weight is 388 g/mol. The molecule has 1 aliphatic heterocycles. The van der Waals surface area contributed by atoms with Crippen molar-refractivity contribution in [2.45, 2.75) is 32.7 Å². The predicted molar refractivity (Wildman–Crippen MR) is 111 cm³/mol. The van der Waals surface area contributed by atoms with Gasteiger partial charge in [-0.3, -0.25) is 9.58 Å². The molecule has 0 amide bonds. The third-order valence-corrected chi connectivity index (χ3v) is 5.53. The molecule has 1 fully saturated rings. The van der Waals surface area contributed by atoms with Crippen LogP contribution in [0, 0.1) is 6.92 Å². The molecule has 1 saturated heterocycles. The Morgan fingerprint density at radius 2 is 1.93 bits per heavy atom. The standard InChI is InChI=1S/C22H24N6O/c1-15-11-18(19-13-23-27(2)21(19)24-15)22-25-20(26-29-22)17-8-6-7-16(12-17)14-28-9-4-3-5-10-28/h6-8,11-13H,3-5,9-10,14H2,1-2H3.